The number of β-lactam (4-membered cyclic amide) rings is 1. The zero-order chi connectivity index (χ0) is 26.2. The number of nitrogens with zero attached hydrogens (tertiary/aromatic N) is 5. The number of benzene rings is 1. The Bertz CT molecular complexity index is 1270. The molecule has 2 amide bonds. The molecule has 2 aliphatic rings. The number of carboxylic acid groups (broad SMARTS) is 2. The van der Waals surface area contributed by atoms with E-state index in [2.05, 4.69) is 20.8 Å². The summed E-state index contributed by atoms with van der Waals surface area (Å²) in [4.78, 5) is 51.0. The number of aromatic hydroxyl groups is 1. The molecule has 18 heteroatoms. The Morgan fingerprint density at radius 2 is 1.92 bits per heavy atom. The molecule has 15 nitrogen and oxygen atoms in total. The number of fused-ring (bicyclic) bond motifs is 1. The van der Waals surface area contributed by atoms with Crippen LogP contribution < -0.4 is 5.32 Å². The second-order valence-electron chi connectivity index (χ2n) is 7.76. The maximum absolute atomic E-state index is 13.2. The Morgan fingerprint density at radius 3 is 2.45 bits per heavy atom. The van der Waals surface area contributed by atoms with Crippen molar-refractivity contribution in [2.24, 2.45) is 7.05 Å². The smallest absolute Gasteiger partial charge is 0.352 e. The number of hydrogen-bond acceptors (Lipinski definition) is 11. The molecule has 4 N–H and O–H groups in total. The summed E-state index contributed by atoms with van der Waals surface area (Å²) in [5, 5.41) is 42.6. The van der Waals surface area contributed by atoms with Crippen LogP contribution in [0.1, 0.15) is 11.5 Å². The van der Waals surface area contributed by atoms with E-state index in [-0.39, 0.29) is 94.1 Å². The third kappa shape index (κ3) is 5.78. The largest absolute Gasteiger partial charge is 0.508 e. The molecule has 1 aromatic carbocycles. The van der Waals surface area contributed by atoms with E-state index >= 15 is 0 Å². The van der Waals surface area contributed by atoms with Crippen molar-refractivity contribution < 1.29 is 44.0 Å². The monoisotopic (exact) mass is 566 g/mol. The molecule has 0 spiro atoms. The number of amides is 2. The summed E-state index contributed by atoms with van der Waals surface area (Å²) in [7, 11) is 2.71. The van der Waals surface area contributed by atoms with Crippen molar-refractivity contribution in [1.29, 1.82) is 0 Å². The fourth-order valence-electron chi connectivity index (χ4n) is 3.88. The van der Waals surface area contributed by atoms with Crippen molar-refractivity contribution in [3.8, 4) is 5.75 Å². The summed E-state index contributed by atoms with van der Waals surface area (Å²) in [6.07, 6.45) is -1.36. The number of methoxy groups -OCH3 is 1. The minimum absolute atomic E-state index is 0. The van der Waals surface area contributed by atoms with E-state index < -0.39 is 41.6 Å². The Kier molecular flexibility index (Phi) is 10.9. The molecular weight excluding hydrogens is 546 g/mol. The predicted molar refractivity (Wildman–Crippen MR) is 129 cm³/mol. The van der Waals surface area contributed by atoms with Gasteiger partial charge < -0.3 is 30.1 Å². The number of carbonyl (C=O) groups is 4. The number of nitrogens with one attached hydrogen (secondary N) is 1. The summed E-state index contributed by atoms with van der Waals surface area (Å²) < 4.78 is 12.4. The molecule has 38 heavy (non-hydrogen) atoms. The van der Waals surface area contributed by atoms with Crippen molar-refractivity contribution >= 4 is 94.6 Å². The molecule has 4 rings (SSSR count). The second-order valence-corrected chi connectivity index (χ2v) is 8.70. The summed E-state index contributed by atoms with van der Waals surface area (Å²) in [5.74, 6) is -6.73. The fourth-order valence-corrected chi connectivity index (χ4v) is 4.72. The van der Waals surface area contributed by atoms with Crippen LogP contribution in [0, 0.1) is 0 Å². The topological polar surface area (TPSA) is 206 Å². The molecule has 0 bridgehead atoms. The predicted octanol–water partition coefficient (Wildman–Crippen LogP) is -1.89. The van der Waals surface area contributed by atoms with Gasteiger partial charge in [0.15, 0.2) is 12.1 Å². The van der Waals surface area contributed by atoms with Gasteiger partial charge in [-0.15, -0.1) is 5.10 Å². The molecule has 2 radical (unpaired) electrons. The zero-order valence-electron chi connectivity index (χ0n) is 20.8. The standard InChI is InChI=1S/C20H20N6O9S.2Na/c1-25-19(22-23-24-25)36-8-10-7-35-18-20(34-2,17(33)26(18)13(10)16(31)32)21-14(28)12(15(29)30)9-3-5-11(27)6-4-9;;/h3-6,12,18,27H,7-8H2,1-2H3,(H,21,28)(H,29,30)(H,31,32);;/t12-,18-,20+;;/m1../s1. The molecular formula is C20H20N6Na2O9S. The molecule has 1 saturated heterocycles. The van der Waals surface area contributed by atoms with Gasteiger partial charge in [0.1, 0.15) is 11.4 Å². The molecule has 0 saturated carbocycles. The average molecular weight is 566 g/mol. The number of tetrazole rings is 1. The number of thioether (sulfide) groups is 1. The van der Waals surface area contributed by atoms with Crippen LogP contribution in [0.4, 0.5) is 0 Å². The van der Waals surface area contributed by atoms with Gasteiger partial charge in [-0.25, -0.2) is 9.48 Å². The fraction of sp³-hybridized carbons (Fsp3) is 0.350. The summed E-state index contributed by atoms with van der Waals surface area (Å²) >= 11 is 1.14. The minimum Gasteiger partial charge on any atom is -0.508 e. The Labute approximate surface area is 263 Å². The Hall–Kier alpha value is -2.02. The van der Waals surface area contributed by atoms with Gasteiger partial charge in [0.25, 0.3) is 11.6 Å². The molecule has 1 aromatic heterocycles. The van der Waals surface area contributed by atoms with Gasteiger partial charge in [-0.1, -0.05) is 23.9 Å². The van der Waals surface area contributed by atoms with Crippen LogP contribution in [-0.4, -0.2) is 155 Å². The number of carboxylic acids is 2. The van der Waals surface area contributed by atoms with Crippen LogP contribution in [0.15, 0.2) is 40.7 Å². The number of phenols is 1. The van der Waals surface area contributed by atoms with Crippen LogP contribution in [0.2, 0.25) is 0 Å². The number of aryl methyl sites for hydroxylation is 1. The molecule has 3 atom stereocenters. The van der Waals surface area contributed by atoms with E-state index in [1.54, 1.807) is 7.05 Å². The molecule has 0 unspecified atom stereocenters. The Morgan fingerprint density at radius 1 is 1.26 bits per heavy atom. The first-order chi connectivity index (χ1) is 17.1. The first-order valence-corrected chi connectivity index (χ1v) is 11.2. The summed E-state index contributed by atoms with van der Waals surface area (Å²) in [5.41, 5.74) is -2.17. The maximum atomic E-state index is 13.2. The van der Waals surface area contributed by atoms with Crippen molar-refractivity contribution in [2.75, 3.05) is 19.5 Å². The molecule has 2 aromatic rings. The average Bonchev–Trinajstić information content (AvgIpc) is 3.25. The molecule has 192 valence electrons. The van der Waals surface area contributed by atoms with E-state index in [0.717, 1.165) is 23.8 Å². The van der Waals surface area contributed by atoms with E-state index in [9.17, 15) is 34.5 Å². The van der Waals surface area contributed by atoms with Gasteiger partial charge in [0, 0.05) is 79.0 Å². The quantitative estimate of drug-likeness (QED) is 0.0862. The van der Waals surface area contributed by atoms with Crippen LogP contribution in [0.5, 0.6) is 5.75 Å². The molecule has 2 aliphatic heterocycles. The van der Waals surface area contributed by atoms with E-state index in [1.807, 2.05) is 0 Å². The minimum atomic E-state index is -2.14. The molecule has 1 fully saturated rings. The third-order valence-corrected chi connectivity index (χ3v) is 6.73. The Balaban J connectivity index is 0.00000253. The normalized spacial score (nSPS) is 20.8. The third-order valence-electron chi connectivity index (χ3n) is 5.64. The number of aromatic nitrogens is 4. The van der Waals surface area contributed by atoms with Gasteiger partial charge >= 0.3 is 11.9 Å². The van der Waals surface area contributed by atoms with Crippen molar-refractivity contribution in [1.82, 2.24) is 30.4 Å². The zero-order valence-corrected chi connectivity index (χ0v) is 25.6. The first kappa shape index (κ1) is 32.2. The SMILES string of the molecule is CO[C@@]1(NC(=O)[C@H](C(=O)O)c2ccc(O)cc2)C(=O)N2C(C(=O)O)=C(CSc3nnnn3C)CO[C@@H]21.[Na].[Na]. The van der Waals surface area contributed by atoms with Gasteiger partial charge in [-0.05, 0) is 33.7 Å². The van der Waals surface area contributed by atoms with E-state index in [1.165, 1.54) is 28.9 Å². The first-order valence-electron chi connectivity index (χ1n) is 10.2. The number of carbonyl (C=O) groups excluding carboxylic acids is 2. The van der Waals surface area contributed by atoms with Crippen LogP contribution >= 0.6 is 11.8 Å². The van der Waals surface area contributed by atoms with Crippen LogP contribution in [0.25, 0.3) is 0 Å². The second kappa shape index (κ2) is 12.9. The van der Waals surface area contributed by atoms with Gasteiger partial charge in [0.2, 0.25) is 11.1 Å². The van der Waals surface area contributed by atoms with E-state index in [0.29, 0.717) is 5.16 Å². The van der Waals surface area contributed by atoms with Gasteiger partial charge in [0.05, 0.1) is 6.61 Å². The maximum Gasteiger partial charge on any atom is 0.352 e. The number of ether oxygens (including phenoxy) is 2. The molecule has 0 aliphatic carbocycles. The number of rotatable bonds is 9. The van der Waals surface area contributed by atoms with E-state index in [4.69, 9.17) is 9.47 Å². The van der Waals surface area contributed by atoms with Crippen molar-refractivity contribution in [2.45, 2.75) is 23.0 Å². The van der Waals surface area contributed by atoms with Crippen molar-refractivity contribution in [3.63, 3.8) is 0 Å². The van der Waals surface area contributed by atoms with Gasteiger partial charge in [-0.3, -0.25) is 19.3 Å². The van der Waals surface area contributed by atoms with Gasteiger partial charge in [-0.2, -0.15) is 0 Å². The molecule has 3 heterocycles. The summed E-state index contributed by atoms with van der Waals surface area (Å²) in [6, 6.07) is 4.93. The van der Waals surface area contributed by atoms with Crippen LogP contribution in [-0.2, 0) is 35.7 Å². The number of aliphatic carboxylic acids is 2. The van der Waals surface area contributed by atoms with Crippen molar-refractivity contribution in [3.05, 3.63) is 41.1 Å². The number of hydrogen-bond donors (Lipinski definition) is 4. The number of phenolic OH excluding ortho intramolecular Hbond substituents is 1. The summed E-state index contributed by atoms with van der Waals surface area (Å²) in [6.45, 7) is -0.213. The van der Waals surface area contributed by atoms with Crippen LogP contribution in [0.3, 0.4) is 0 Å².